The Labute approximate surface area is 177 Å². The Morgan fingerprint density at radius 3 is 2.60 bits per heavy atom. The second-order valence-corrected chi connectivity index (χ2v) is 7.80. The van der Waals surface area contributed by atoms with E-state index in [1.54, 1.807) is 0 Å². The Balaban J connectivity index is 1.63. The fraction of sp³-hybridized carbons (Fsp3) is 0.240. The molecule has 3 aromatic rings. The summed E-state index contributed by atoms with van der Waals surface area (Å²) in [5.74, 6) is 0.976. The van der Waals surface area contributed by atoms with E-state index in [2.05, 4.69) is 76.9 Å². The van der Waals surface area contributed by atoms with Crippen molar-refractivity contribution in [1.29, 1.82) is 0 Å². The predicted molar refractivity (Wildman–Crippen MR) is 122 cm³/mol. The maximum atomic E-state index is 5.53. The van der Waals surface area contributed by atoms with Crippen LogP contribution >= 0.6 is 0 Å². The molecule has 0 saturated carbocycles. The predicted octanol–water partition coefficient (Wildman–Crippen LogP) is 4.28. The van der Waals surface area contributed by atoms with Crippen molar-refractivity contribution in [2.45, 2.75) is 6.54 Å². The highest BCUT2D eigenvalue weighted by Gasteiger charge is 2.19. The normalized spacial score (nSPS) is 17.0. The molecular formula is C25H26N4O. The van der Waals surface area contributed by atoms with E-state index in [4.69, 9.17) is 9.72 Å². The van der Waals surface area contributed by atoms with Crippen molar-refractivity contribution in [3.8, 4) is 0 Å². The fourth-order valence-electron chi connectivity index (χ4n) is 4.05. The van der Waals surface area contributed by atoms with E-state index in [0.29, 0.717) is 0 Å². The maximum absolute atomic E-state index is 5.53. The first-order valence-electron chi connectivity index (χ1n) is 10.4. The third kappa shape index (κ3) is 3.53. The number of rotatable bonds is 4. The molecule has 2 aliphatic rings. The Kier molecular flexibility index (Phi) is 4.89. The summed E-state index contributed by atoms with van der Waals surface area (Å²) < 4.78 is 7.85. The number of fused-ring (bicyclic) bond motifs is 1. The van der Waals surface area contributed by atoms with Gasteiger partial charge in [0.1, 0.15) is 5.82 Å². The zero-order chi connectivity index (χ0) is 20.5. The Morgan fingerprint density at radius 2 is 1.83 bits per heavy atom. The van der Waals surface area contributed by atoms with Gasteiger partial charge in [0.15, 0.2) is 0 Å². The van der Waals surface area contributed by atoms with Gasteiger partial charge in [-0.2, -0.15) is 0 Å². The van der Waals surface area contributed by atoms with Gasteiger partial charge in [-0.3, -0.25) is 0 Å². The van der Waals surface area contributed by atoms with Gasteiger partial charge in [-0.25, -0.2) is 4.98 Å². The van der Waals surface area contributed by atoms with Crippen LogP contribution in [0.15, 0.2) is 79.2 Å². The summed E-state index contributed by atoms with van der Waals surface area (Å²) >= 11 is 0. The van der Waals surface area contributed by atoms with Crippen LogP contribution in [0.5, 0.6) is 0 Å². The lowest BCUT2D eigenvalue weighted by Crippen LogP contribution is -2.36. The minimum atomic E-state index is 0.773. The lowest BCUT2D eigenvalue weighted by atomic mass is 10.1. The monoisotopic (exact) mass is 398 g/mol. The minimum absolute atomic E-state index is 0.773. The number of hydrogen-bond donors (Lipinski definition) is 0. The van der Waals surface area contributed by atoms with E-state index in [9.17, 15) is 0 Å². The third-order valence-corrected chi connectivity index (χ3v) is 5.79. The number of likely N-dealkylation sites (N-methyl/N-ethyl adjacent to an activating group) is 1. The number of allylic oxidation sites excluding steroid dienone is 3. The molecule has 0 unspecified atom stereocenters. The number of nitrogens with zero attached hydrogens (tertiary/aromatic N) is 4. The van der Waals surface area contributed by atoms with Crippen LogP contribution in [0, 0.1) is 0 Å². The number of hydrogen-bond acceptors (Lipinski definition) is 4. The van der Waals surface area contributed by atoms with Crippen molar-refractivity contribution in [2.24, 2.45) is 0 Å². The molecule has 1 aromatic heterocycles. The molecule has 152 valence electrons. The van der Waals surface area contributed by atoms with E-state index in [-0.39, 0.29) is 0 Å². The molecule has 30 heavy (non-hydrogen) atoms. The summed E-state index contributed by atoms with van der Waals surface area (Å²) in [6.07, 6.45) is 6.25. The molecule has 0 bridgehead atoms. The summed E-state index contributed by atoms with van der Waals surface area (Å²) in [6, 6.07) is 17.2. The van der Waals surface area contributed by atoms with Crippen LogP contribution in [0.1, 0.15) is 11.4 Å². The van der Waals surface area contributed by atoms with Crippen molar-refractivity contribution in [1.82, 2.24) is 14.5 Å². The van der Waals surface area contributed by atoms with Crippen molar-refractivity contribution in [2.75, 3.05) is 38.3 Å². The number of anilines is 1. The van der Waals surface area contributed by atoms with Crippen molar-refractivity contribution in [3.05, 3.63) is 90.5 Å². The Bertz CT molecular complexity index is 1140. The van der Waals surface area contributed by atoms with E-state index in [1.165, 1.54) is 11.3 Å². The van der Waals surface area contributed by atoms with Gasteiger partial charge < -0.3 is 19.1 Å². The van der Waals surface area contributed by atoms with Gasteiger partial charge in [0, 0.05) is 49.8 Å². The summed E-state index contributed by atoms with van der Waals surface area (Å²) in [6.45, 7) is 8.25. The smallest absolute Gasteiger partial charge is 0.142 e. The highest BCUT2D eigenvalue weighted by molar-refractivity contribution is 5.85. The molecule has 0 atom stereocenters. The molecule has 5 rings (SSSR count). The topological polar surface area (TPSA) is 33.5 Å². The summed E-state index contributed by atoms with van der Waals surface area (Å²) in [5, 5.41) is 0. The molecule has 0 amide bonds. The SMILES string of the molecule is C=C1C=CC(c2nc3ccc(N4CCOCC4)cc3n2Cc2ccccc2)=CN1C. The molecule has 1 fully saturated rings. The van der Waals surface area contributed by atoms with E-state index in [1.807, 2.05) is 18.0 Å². The van der Waals surface area contributed by atoms with Gasteiger partial charge in [-0.05, 0) is 35.9 Å². The number of benzene rings is 2. The lowest BCUT2D eigenvalue weighted by molar-refractivity contribution is 0.122. The molecule has 0 aliphatic carbocycles. The highest BCUT2D eigenvalue weighted by atomic mass is 16.5. The number of imidazole rings is 1. The van der Waals surface area contributed by atoms with Crippen LogP contribution < -0.4 is 4.90 Å². The number of aromatic nitrogens is 2. The van der Waals surface area contributed by atoms with E-state index < -0.39 is 0 Å². The van der Waals surface area contributed by atoms with Crippen LogP contribution in [-0.2, 0) is 11.3 Å². The van der Waals surface area contributed by atoms with Gasteiger partial charge >= 0.3 is 0 Å². The molecule has 2 aliphatic heterocycles. The van der Waals surface area contributed by atoms with Gasteiger partial charge in [0.25, 0.3) is 0 Å². The first-order chi connectivity index (χ1) is 14.7. The minimum Gasteiger partial charge on any atom is -0.378 e. The van der Waals surface area contributed by atoms with Crippen molar-refractivity contribution < 1.29 is 4.74 Å². The average Bonchev–Trinajstić information content (AvgIpc) is 3.14. The van der Waals surface area contributed by atoms with Gasteiger partial charge in [0.05, 0.1) is 24.2 Å². The molecule has 1 saturated heterocycles. The van der Waals surface area contributed by atoms with Gasteiger partial charge in [-0.1, -0.05) is 36.9 Å². The van der Waals surface area contributed by atoms with Crippen molar-refractivity contribution in [3.63, 3.8) is 0 Å². The van der Waals surface area contributed by atoms with Crippen LogP contribution in [0.4, 0.5) is 5.69 Å². The molecule has 0 N–H and O–H groups in total. The Morgan fingerprint density at radius 1 is 1.03 bits per heavy atom. The first-order valence-corrected chi connectivity index (χ1v) is 10.4. The zero-order valence-corrected chi connectivity index (χ0v) is 17.3. The quantitative estimate of drug-likeness (QED) is 0.657. The van der Waals surface area contributed by atoms with E-state index >= 15 is 0 Å². The summed E-state index contributed by atoms with van der Waals surface area (Å²) in [5.41, 5.74) is 6.71. The largest absolute Gasteiger partial charge is 0.378 e. The van der Waals surface area contributed by atoms with E-state index in [0.717, 1.165) is 61.0 Å². The standard InChI is InChI=1S/C25H26N4O/c1-19-8-9-21(18-27(19)2)25-26-23-11-10-22(28-12-14-30-15-13-28)16-24(23)29(25)17-20-6-4-3-5-7-20/h3-11,16,18H,1,12-15,17H2,2H3. The molecule has 0 spiro atoms. The molecular weight excluding hydrogens is 372 g/mol. The fourth-order valence-corrected chi connectivity index (χ4v) is 4.05. The number of morpholine rings is 1. The lowest BCUT2D eigenvalue weighted by Gasteiger charge is -2.29. The molecule has 3 heterocycles. The second kappa shape index (κ2) is 7.84. The summed E-state index contributed by atoms with van der Waals surface area (Å²) in [4.78, 5) is 9.45. The maximum Gasteiger partial charge on any atom is 0.142 e. The molecule has 2 aromatic carbocycles. The van der Waals surface area contributed by atoms with Crippen LogP contribution in [0.2, 0.25) is 0 Å². The van der Waals surface area contributed by atoms with Gasteiger partial charge in [0.2, 0.25) is 0 Å². The van der Waals surface area contributed by atoms with Gasteiger partial charge in [-0.15, -0.1) is 0 Å². The van der Waals surface area contributed by atoms with Crippen molar-refractivity contribution >= 4 is 22.3 Å². The first kappa shape index (κ1) is 18.7. The second-order valence-electron chi connectivity index (χ2n) is 7.80. The highest BCUT2D eigenvalue weighted by Crippen LogP contribution is 2.30. The third-order valence-electron chi connectivity index (χ3n) is 5.79. The molecule has 0 radical (unpaired) electrons. The van der Waals surface area contributed by atoms with Crippen LogP contribution in [0.25, 0.3) is 16.6 Å². The molecule has 5 nitrogen and oxygen atoms in total. The van der Waals surface area contributed by atoms with Crippen LogP contribution in [0.3, 0.4) is 0 Å². The molecule has 5 heteroatoms. The summed E-state index contributed by atoms with van der Waals surface area (Å²) in [7, 11) is 2.02. The Hall–Kier alpha value is -3.31. The zero-order valence-electron chi connectivity index (χ0n) is 17.3. The average molecular weight is 399 g/mol. The number of ether oxygens (including phenoxy) is 1. The van der Waals surface area contributed by atoms with Crippen LogP contribution in [-0.4, -0.2) is 47.8 Å².